The van der Waals surface area contributed by atoms with E-state index in [1.807, 2.05) is 0 Å². The molecule has 1 rings (SSSR count). The molecule has 0 N–H and O–H groups in total. The van der Waals surface area contributed by atoms with E-state index in [0.29, 0.717) is 12.8 Å². The third-order valence-corrected chi connectivity index (χ3v) is 2.12. The van der Waals surface area contributed by atoms with Gasteiger partial charge >= 0.3 is 6.18 Å². The fourth-order valence-corrected chi connectivity index (χ4v) is 1.54. The van der Waals surface area contributed by atoms with Gasteiger partial charge in [-0.1, -0.05) is 6.42 Å². The molecule has 0 amide bonds. The monoisotopic (exact) mass is 179 g/mol. The van der Waals surface area contributed by atoms with Crippen LogP contribution in [-0.2, 0) is 4.79 Å². The minimum Gasteiger partial charge on any atom is -0.211 e. The molecule has 0 bridgehead atoms. The van der Waals surface area contributed by atoms with Crippen LogP contribution in [0.25, 0.3) is 0 Å². The zero-order valence-electron chi connectivity index (χ0n) is 6.27. The highest BCUT2D eigenvalue weighted by Crippen LogP contribution is 2.40. The van der Waals surface area contributed by atoms with Gasteiger partial charge in [-0.25, -0.2) is 9.79 Å². The van der Waals surface area contributed by atoms with E-state index in [2.05, 4.69) is 4.99 Å². The van der Waals surface area contributed by atoms with Gasteiger partial charge in [-0.15, -0.1) is 0 Å². The molecule has 68 valence electrons. The Labute approximate surface area is 67.5 Å². The van der Waals surface area contributed by atoms with Gasteiger partial charge in [0.15, 0.2) is 0 Å². The maximum atomic E-state index is 12.1. The second kappa shape index (κ2) is 3.27. The molecular formula is C7H8F3NO. The molecule has 0 heterocycles. The lowest BCUT2D eigenvalue weighted by Crippen LogP contribution is -2.28. The maximum Gasteiger partial charge on any atom is 0.393 e. The van der Waals surface area contributed by atoms with E-state index in [1.54, 1.807) is 0 Å². The van der Waals surface area contributed by atoms with Crippen LogP contribution >= 0.6 is 0 Å². The highest BCUT2D eigenvalue weighted by atomic mass is 19.4. The Balaban J connectivity index is 2.70. The van der Waals surface area contributed by atoms with Crippen LogP contribution in [0.3, 0.4) is 0 Å². The van der Waals surface area contributed by atoms with Crippen molar-refractivity contribution in [2.75, 3.05) is 0 Å². The van der Waals surface area contributed by atoms with Gasteiger partial charge in [-0.3, -0.25) is 0 Å². The molecule has 0 saturated heterocycles. The number of halogens is 3. The minimum atomic E-state index is -4.22. The minimum absolute atomic E-state index is 0.0827. The lowest BCUT2D eigenvalue weighted by atomic mass is 10.0. The number of rotatable bonds is 1. The molecule has 12 heavy (non-hydrogen) atoms. The molecule has 1 fully saturated rings. The van der Waals surface area contributed by atoms with Crippen LogP contribution in [0.5, 0.6) is 0 Å². The summed E-state index contributed by atoms with van der Waals surface area (Å²) < 4.78 is 36.4. The van der Waals surface area contributed by atoms with E-state index in [0.717, 1.165) is 0 Å². The Hall–Kier alpha value is -0.830. The first-order valence-corrected chi connectivity index (χ1v) is 3.69. The highest BCUT2D eigenvalue weighted by molar-refractivity contribution is 5.33. The van der Waals surface area contributed by atoms with Crippen molar-refractivity contribution in [2.45, 2.75) is 31.5 Å². The van der Waals surface area contributed by atoms with E-state index < -0.39 is 18.1 Å². The van der Waals surface area contributed by atoms with Gasteiger partial charge in [0.1, 0.15) is 0 Å². The molecule has 1 aliphatic carbocycles. The smallest absolute Gasteiger partial charge is 0.211 e. The van der Waals surface area contributed by atoms with E-state index >= 15 is 0 Å². The summed E-state index contributed by atoms with van der Waals surface area (Å²) in [6.07, 6.45) is -2.12. The predicted molar refractivity (Wildman–Crippen MR) is 35.3 cm³/mol. The summed E-state index contributed by atoms with van der Waals surface area (Å²) in [5.41, 5.74) is 0. The molecule has 0 aromatic heterocycles. The zero-order chi connectivity index (χ0) is 9.19. The molecule has 2 atom stereocenters. The highest BCUT2D eigenvalue weighted by Gasteiger charge is 2.47. The van der Waals surface area contributed by atoms with Crippen LogP contribution < -0.4 is 0 Å². The normalized spacial score (nSPS) is 29.9. The molecule has 0 radical (unpaired) electrons. The number of hydrogen-bond donors (Lipinski definition) is 0. The van der Waals surface area contributed by atoms with Gasteiger partial charge in [0.25, 0.3) is 0 Å². The van der Waals surface area contributed by atoms with E-state index in [4.69, 9.17) is 0 Å². The molecule has 1 aliphatic rings. The van der Waals surface area contributed by atoms with Crippen LogP contribution in [0.15, 0.2) is 4.99 Å². The first-order chi connectivity index (χ1) is 5.55. The van der Waals surface area contributed by atoms with E-state index in [1.165, 1.54) is 6.08 Å². The number of aliphatic imine (C=N–C) groups is 1. The van der Waals surface area contributed by atoms with Gasteiger partial charge in [0.05, 0.1) is 12.0 Å². The Morgan fingerprint density at radius 1 is 1.33 bits per heavy atom. The van der Waals surface area contributed by atoms with Crippen LogP contribution in [-0.4, -0.2) is 18.3 Å². The molecule has 0 aromatic carbocycles. The van der Waals surface area contributed by atoms with Crippen molar-refractivity contribution in [1.82, 2.24) is 0 Å². The van der Waals surface area contributed by atoms with Gasteiger partial charge in [0.2, 0.25) is 6.08 Å². The first kappa shape index (κ1) is 9.26. The van der Waals surface area contributed by atoms with Crippen molar-refractivity contribution in [3.05, 3.63) is 0 Å². The first-order valence-electron chi connectivity index (χ1n) is 3.69. The fourth-order valence-electron chi connectivity index (χ4n) is 1.54. The largest absolute Gasteiger partial charge is 0.393 e. The number of alkyl halides is 3. The summed E-state index contributed by atoms with van der Waals surface area (Å²) in [6.45, 7) is 0. The SMILES string of the molecule is O=C=NC1CCCC1C(F)(F)F. The average Bonchev–Trinajstić information content (AvgIpc) is 2.34. The molecule has 1 saturated carbocycles. The number of hydrogen-bond acceptors (Lipinski definition) is 2. The van der Waals surface area contributed by atoms with E-state index in [-0.39, 0.29) is 6.42 Å². The second-order valence-electron chi connectivity index (χ2n) is 2.87. The summed E-state index contributed by atoms with van der Waals surface area (Å²) in [6, 6.07) is -0.887. The quantitative estimate of drug-likeness (QED) is 0.447. The zero-order valence-corrected chi connectivity index (χ0v) is 6.27. The van der Waals surface area contributed by atoms with Crippen molar-refractivity contribution in [3.8, 4) is 0 Å². The topological polar surface area (TPSA) is 29.4 Å². The van der Waals surface area contributed by atoms with E-state index in [9.17, 15) is 18.0 Å². The number of carbonyl (C=O) groups excluding carboxylic acids is 1. The number of isocyanates is 1. The van der Waals surface area contributed by atoms with Crippen LogP contribution in [0.2, 0.25) is 0 Å². The Bertz CT molecular complexity index is 207. The Morgan fingerprint density at radius 2 is 2.00 bits per heavy atom. The summed E-state index contributed by atoms with van der Waals surface area (Å²) in [5.74, 6) is -1.43. The lowest BCUT2D eigenvalue weighted by molar-refractivity contribution is -0.175. The van der Waals surface area contributed by atoms with Gasteiger partial charge < -0.3 is 0 Å². The second-order valence-corrected chi connectivity index (χ2v) is 2.87. The molecular weight excluding hydrogens is 171 g/mol. The van der Waals surface area contributed by atoms with Crippen molar-refractivity contribution in [1.29, 1.82) is 0 Å². The molecule has 0 aromatic rings. The fraction of sp³-hybridized carbons (Fsp3) is 0.857. The Kier molecular flexibility index (Phi) is 2.52. The molecule has 2 nitrogen and oxygen atoms in total. The molecule has 2 unspecified atom stereocenters. The van der Waals surface area contributed by atoms with Crippen LogP contribution in [0.1, 0.15) is 19.3 Å². The molecule has 0 spiro atoms. The predicted octanol–water partition coefficient (Wildman–Crippen LogP) is 2.05. The Morgan fingerprint density at radius 3 is 2.50 bits per heavy atom. The standard InChI is InChI=1S/C7H8F3NO/c8-7(9,10)5-2-1-3-6(5)11-4-12/h5-6H,1-3H2. The average molecular weight is 179 g/mol. The van der Waals surface area contributed by atoms with Gasteiger partial charge in [0, 0.05) is 0 Å². The van der Waals surface area contributed by atoms with Crippen molar-refractivity contribution >= 4 is 6.08 Å². The van der Waals surface area contributed by atoms with Crippen molar-refractivity contribution in [2.24, 2.45) is 10.9 Å². The third kappa shape index (κ3) is 1.85. The van der Waals surface area contributed by atoms with Crippen molar-refractivity contribution < 1.29 is 18.0 Å². The summed E-state index contributed by atoms with van der Waals surface area (Å²) in [5, 5.41) is 0. The molecule has 0 aliphatic heterocycles. The van der Waals surface area contributed by atoms with Crippen LogP contribution in [0, 0.1) is 5.92 Å². The van der Waals surface area contributed by atoms with Crippen molar-refractivity contribution in [3.63, 3.8) is 0 Å². The molecule has 5 heteroatoms. The summed E-state index contributed by atoms with van der Waals surface area (Å²) in [7, 11) is 0. The summed E-state index contributed by atoms with van der Waals surface area (Å²) >= 11 is 0. The third-order valence-electron chi connectivity index (χ3n) is 2.12. The maximum absolute atomic E-state index is 12.1. The van der Waals surface area contributed by atoms with Gasteiger partial charge in [-0.05, 0) is 12.8 Å². The van der Waals surface area contributed by atoms with Gasteiger partial charge in [-0.2, -0.15) is 13.2 Å². The van der Waals surface area contributed by atoms with Crippen LogP contribution in [0.4, 0.5) is 13.2 Å². The lowest BCUT2D eigenvalue weighted by Gasteiger charge is -2.17. The number of nitrogens with zero attached hydrogens (tertiary/aromatic N) is 1. The summed E-state index contributed by atoms with van der Waals surface area (Å²) in [4.78, 5) is 12.9.